The number of aromatic nitrogens is 1. The lowest BCUT2D eigenvalue weighted by Crippen LogP contribution is -2.37. The van der Waals surface area contributed by atoms with Gasteiger partial charge in [-0.15, -0.1) is 0 Å². The van der Waals surface area contributed by atoms with Crippen LogP contribution in [0.1, 0.15) is 41.9 Å². The zero-order chi connectivity index (χ0) is 18.4. The van der Waals surface area contributed by atoms with Crippen LogP contribution in [0.2, 0.25) is 0 Å². The fraction of sp³-hybridized carbons (Fsp3) is 0.500. The second-order valence-electron chi connectivity index (χ2n) is 6.74. The minimum Gasteiger partial charge on any atom is -0.467 e. The maximum absolute atomic E-state index is 13.1. The quantitative estimate of drug-likeness (QED) is 0.762. The second-order valence-corrected chi connectivity index (χ2v) is 6.74. The van der Waals surface area contributed by atoms with E-state index in [-0.39, 0.29) is 11.9 Å². The fourth-order valence-electron chi connectivity index (χ4n) is 3.06. The van der Waals surface area contributed by atoms with E-state index in [0.717, 1.165) is 44.0 Å². The van der Waals surface area contributed by atoms with Crippen molar-refractivity contribution in [1.29, 1.82) is 0 Å². The van der Waals surface area contributed by atoms with Gasteiger partial charge in [0.05, 0.1) is 25.3 Å². The van der Waals surface area contributed by atoms with Crippen molar-refractivity contribution >= 4 is 5.91 Å². The molecule has 1 atom stereocenters. The Balaban J connectivity index is 1.70. The van der Waals surface area contributed by atoms with Crippen molar-refractivity contribution < 1.29 is 13.9 Å². The predicted molar refractivity (Wildman–Crippen MR) is 98.7 cm³/mol. The highest BCUT2D eigenvalue weighted by Gasteiger charge is 2.23. The number of hydrogen-bond acceptors (Lipinski definition) is 5. The Morgan fingerprint density at radius 2 is 2.19 bits per heavy atom. The van der Waals surface area contributed by atoms with Gasteiger partial charge in [0, 0.05) is 38.1 Å². The van der Waals surface area contributed by atoms with Gasteiger partial charge in [0.15, 0.2) is 0 Å². The van der Waals surface area contributed by atoms with Crippen molar-refractivity contribution in [2.24, 2.45) is 0 Å². The molecule has 2 aromatic rings. The fourth-order valence-corrected chi connectivity index (χ4v) is 3.06. The molecule has 26 heavy (non-hydrogen) atoms. The number of ether oxygens (including phenoxy) is 1. The van der Waals surface area contributed by atoms with E-state index in [0.29, 0.717) is 18.7 Å². The molecule has 0 saturated carbocycles. The third-order valence-corrected chi connectivity index (χ3v) is 4.84. The maximum atomic E-state index is 13.1. The summed E-state index contributed by atoms with van der Waals surface area (Å²) in [5.41, 5.74) is 1.63. The zero-order valence-electron chi connectivity index (χ0n) is 15.6. The number of amides is 1. The predicted octanol–water partition coefficient (Wildman–Crippen LogP) is 2.95. The SMILES string of the molecule is CCC(C)N(Cc1cccnc1)C(=O)c1coc(CN2CCOCC2)c1. The van der Waals surface area contributed by atoms with Crippen LogP contribution in [0, 0.1) is 0 Å². The van der Waals surface area contributed by atoms with Crippen LogP contribution in [0.3, 0.4) is 0 Å². The minimum absolute atomic E-state index is 0.000167. The highest BCUT2D eigenvalue weighted by atomic mass is 16.5. The molecule has 0 aliphatic carbocycles. The molecular weight excluding hydrogens is 330 g/mol. The van der Waals surface area contributed by atoms with E-state index < -0.39 is 0 Å². The third-order valence-electron chi connectivity index (χ3n) is 4.84. The van der Waals surface area contributed by atoms with Crippen LogP contribution in [0.25, 0.3) is 0 Å². The molecule has 1 fully saturated rings. The van der Waals surface area contributed by atoms with Crippen LogP contribution in [0.5, 0.6) is 0 Å². The second kappa shape index (κ2) is 8.96. The van der Waals surface area contributed by atoms with Gasteiger partial charge >= 0.3 is 0 Å². The first kappa shape index (κ1) is 18.6. The first-order valence-corrected chi connectivity index (χ1v) is 9.24. The van der Waals surface area contributed by atoms with Crippen molar-refractivity contribution in [1.82, 2.24) is 14.8 Å². The number of morpholine rings is 1. The Morgan fingerprint density at radius 1 is 1.38 bits per heavy atom. The van der Waals surface area contributed by atoms with Gasteiger partial charge in [0.1, 0.15) is 12.0 Å². The van der Waals surface area contributed by atoms with E-state index >= 15 is 0 Å². The van der Waals surface area contributed by atoms with Crippen LogP contribution in [-0.4, -0.2) is 53.0 Å². The van der Waals surface area contributed by atoms with Crippen molar-refractivity contribution in [3.63, 3.8) is 0 Å². The highest BCUT2D eigenvalue weighted by Crippen LogP contribution is 2.18. The average Bonchev–Trinajstić information content (AvgIpc) is 3.15. The van der Waals surface area contributed by atoms with Gasteiger partial charge in [-0.2, -0.15) is 0 Å². The summed E-state index contributed by atoms with van der Waals surface area (Å²) in [5.74, 6) is 0.820. The van der Waals surface area contributed by atoms with Crippen molar-refractivity contribution in [2.45, 2.75) is 39.4 Å². The molecule has 1 unspecified atom stereocenters. The molecular formula is C20H27N3O3. The summed E-state index contributed by atoms with van der Waals surface area (Å²) in [4.78, 5) is 21.4. The van der Waals surface area contributed by atoms with E-state index in [1.165, 1.54) is 0 Å². The van der Waals surface area contributed by atoms with E-state index in [1.807, 2.05) is 29.3 Å². The topological polar surface area (TPSA) is 58.8 Å². The summed E-state index contributed by atoms with van der Waals surface area (Å²) < 4.78 is 11.0. The van der Waals surface area contributed by atoms with E-state index in [4.69, 9.17) is 9.15 Å². The zero-order valence-corrected chi connectivity index (χ0v) is 15.6. The average molecular weight is 357 g/mol. The molecule has 1 aliphatic heterocycles. The van der Waals surface area contributed by atoms with Crippen molar-refractivity contribution in [3.8, 4) is 0 Å². The van der Waals surface area contributed by atoms with Gasteiger partial charge in [0.25, 0.3) is 5.91 Å². The summed E-state index contributed by atoms with van der Waals surface area (Å²) in [6.45, 7) is 8.71. The van der Waals surface area contributed by atoms with Crippen LogP contribution in [0.4, 0.5) is 0 Å². The molecule has 0 N–H and O–H groups in total. The molecule has 1 aliphatic rings. The van der Waals surface area contributed by atoms with Gasteiger partial charge < -0.3 is 14.1 Å². The molecule has 1 saturated heterocycles. The monoisotopic (exact) mass is 357 g/mol. The van der Waals surface area contributed by atoms with Crippen molar-refractivity contribution in [2.75, 3.05) is 26.3 Å². The number of furan rings is 1. The van der Waals surface area contributed by atoms with Crippen LogP contribution in [-0.2, 0) is 17.8 Å². The lowest BCUT2D eigenvalue weighted by molar-refractivity contribution is 0.0313. The van der Waals surface area contributed by atoms with Crippen LogP contribution in [0.15, 0.2) is 41.3 Å². The molecule has 1 amide bonds. The molecule has 0 aromatic carbocycles. The Labute approximate surface area is 154 Å². The van der Waals surface area contributed by atoms with Gasteiger partial charge in [-0.25, -0.2) is 0 Å². The maximum Gasteiger partial charge on any atom is 0.257 e. The Kier molecular flexibility index (Phi) is 6.41. The van der Waals surface area contributed by atoms with E-state index in [9.17, 15) is 4.79 Å². The van der Waals surface area contributed by atoms with Crippen molar-refractivity contribution in [3.05, 3.63) is 53.7 Å². The first-order chi connectivity index (χ1) is 12.7. The number of nitrogens with zero attached hydrogens (tertiary/aromatic N) is 3. The molecule has 0 bridgehead atoms. The van der Waals surface area contributed by atoms with Gasteiger partial charge in [-0.3, -0.25) is 14.7 Å². The Bertz CT molecular complexity index is 695. The third kappa shape index (κ3) is 4.71. The summed E-state index contributed by atoms with van der Waals surface area (Å²) >= 11 is 0. The number of hydrogen-bond donors (Lipinski definition) is 0. The lowest BCUT2D eigenvalue weighted by atomic mass is 10.1. The van der Waals surface area contributed by atoms with Gasteiger partial charge in [-0.05, 0) is 31.0 Å². The molecule has 2 aromatic heterocycles. The smallest absolute Gasteiger partial charge is 0.257 e. The molecule has 6 nitrogen and oxygen atoms in total. The highest BCUT2D eigenvalue weighted by molar-refractivity contribution is 5.94. The van der Waals surface area contributed by atoms with E-state index in [2.05, 4.69) is 23.7 Å². The van der Waals surface area contributed by atoms with E-state index in [1.54, 1.807) is 12.5 Å². The minimum atomic E-state index is 0.000167. The summed E-state index contributed by atoms with van der Waals surface area (Å²) in [7, 11) is 0. The molecule has 3 rings (SSSR count). The van der Waals surface area contributed by atoms with Gasteiger partial charge in [0.2, 0.25) is 0 Å². The standard InChI is InChI=1S/C20H27N3O3/c1-3-16(2)23(13-17-5-4-6-21-12-17)20(24)18-11-19(26-15-18)14-22-7-9-25-10-8-22/h4-6,11-12,15-16H,3,7-10,13-14H2,1-2H3. The molecule has 3 heterocycles. The van der Waals surface area contributed by atoms with Crippen LogP contribution < -0.4 is 0 Å². The number of rotatable bonds is 7. The molecule has 0 spiro atoms. The molecule has 0 radical (unpaired) electrons. The van der Waals surface area contributed by atoms with Gasteiger partial charge in [-0.1, -0.05) is 13.0 Å². The number of pyridine rings is 1. The lowest BCUT2D eigenvalue weighted by Gasteiger charge is -2.28. The molecule has 6 heteroatoms. The Morgan fingerprint density at radius 3 is 2.88 bits per heavy atom. The largest absolute Gasteiger partial charge is 0.467 e. The number of carbonyl (C=O) groups excluding carboxylic acids is 1. The molecule has 140 valence electrons. The Hall–Kier alpha value is -2.18. The number of carbonyl (C=O) groups is 1. The summed E-state index contributed by atoms with van der Waals surface area (Å²) in [6, 6.07) is 5.90. The summed E-state index contributed by atoms with van der Waals surface area (Å²) in [6.07, 6.45) is 6.02. The normalized spacial score (nSPS) is 16.4. The van der Waals surface area contributed by atoms with Crippen LogP contribution >= 0.6 is 0 Å². The summed E-state index contributed by atoms with van der Waals surface area (Å²) in [5, 5.41) is 0. The first-order valence-electron chi connectivity index (χ1n) is 9.24.